The molecule has 0 bridgehead atoms. The van der Waals surface area contributed by atoms with Crippen molar-refractivity contribution in [3.05, 3.63) is 109 Å². The zero-order valence-electron chi connectivity index (χ0n) is 15.4. The van der Waals surface area contributed by atoms with E-state index in [2.05, 4.69) is 109 Å². The molecular formula is C28H18. The van der Waals surface area contributed by atoms with Crippen molar-refractivity contribution in [3.8, 4) is 11.1 Å². The van der Waals surface area contributed by atoms with Gasteiger partial charge in [-0.05, 0) is 66.3 Å². The van der Waals surface area contributed by atoms with Crippen molar-refractivity contribution >= 4 is 43.1 Å². The lowest BCUT2D eigenvalue weighted by Gasteiger charge is -2.09. The van der Waals surface area contributed by atoms with E-state index in [1.54, 1.807) is 0 Å². The maximum absolute atomic E-state index is 2.31. The fraction of sp³-hybridized carbons (Fsp3) is 0. The van der Waals surface area contributed by atoms with E-state index in [0.717, 1.165) is 0 Å². The molecule has 0 aliphatic carbocycles. The molecule has 6 rings (SSSR count). The summed E-state index contributed by atoms with van der Waals surface area (Å²) in [7, 11) is 0. The molecule has 0 aliphatic rings. The fourth-order valence-corrected chi connectivity index (χ4v) is 4.39. The lowest BCUT2D eigenvalue weighted by molar-refractivity contribution is 1.69. The van der Waals surface area contributed by atoms with Crippen LogP contribution in [0.1, 0.15) is 0 Å². The van der Waals surface area contributed by atoms with Crippen LogP contribution in [-0.4, -0.2) is 0 Å². The van der Waals surface area contributed by atoms with Crippen LogP contribution in [0.25, 0.3) is 54.2 Å². The number of hydrogen-bond donors (Lipinski definition) is 0. The fourth-order valence-electron chi connectivity index (χ4n) is 4.39. The maximum Gasteiger partial charge on any atom is -0.0105 e. The van der Waals surface area contributed by atoms with Crippen molar-refractivity contribution in [3.63, 3.8) is 0 Å². The SMILES string of the molecule is c1ccc2c(c1)ccc1cc(-c3ccc4c(ccc5ccccc54)c3)ccc12. The van der Waals surface area contributed by atoms with E-state index in [-0.39, 0.29) is 0 Å². The summed E-state index contributed by atoms with van der Waals surface area (Å²) >= 11 is 0. The van der Waals surface area contributed by atoms with E-state index in [0.29, 0.717) is 0 Å². The first-order chi connectivity index (χ1) is 13.9. The summed E-state index contributed by atoms with van der Waals surface area (Å²) in [6, 6.07) is 39.7. The summed E-state index contributed by atoms with van der Waals surface area (Å²) in [6.45, 7) is 0. The smallest absolute Gasteiger partial charge is 0.0105 e. The van der Waals surface area contributed by atoms with E-state index in [1.807, 2.05) is 0 Å². The second kappa shape index (κ2) is 5.94. The zero-order valence-corrected chi connectivity index (χ0v) is 15.4. The van der Waals surface area contributed by atoms with Gasteiger partial charge in [-0.1, -0.05) is 97.1 Å². The molecule has 0 heterocycles. The van der Waals surface area contributed by atoms with Crippen molar-refractivity contribution in [2.45, 2.75) is 0 Å². The Hall–Kier alpha value is -3.64. The molecule has 0 spiro atoms. The van der Waals surface area contributed by atoms with Gasteiger partial charge in [0.2, 0.25) is 0 Å². The van der Waals surface area contributed by atoms with Gasteiger partial charge in [0.1, 0.15) is 0 Å². The summed E-state index contributed by atoms with van der Waals surface area (Å²) < 4.78 is 0. The number of rotatable bonds is 1. The summed E-state index contributed by atoms with van der Waals surface area (Å²) in [5.74, 6) is 0. The van der Waals surface area contributed by atoms with E-state index in [1.165, 1.54) is 54.2 Å². The van der Waals surface area contributed by atoms with Gasteiger partial charge in [0.05, 0.1) is 0 Å². The monoisotopic (exact) mass is 354 g/mol. The van der Waals surface area contributed by atoms with Crippen LogP contribution in [0.3, 0.4) is 0 Å². The van der Waals surface area contributed by atoms with E-state index in [4.69, 9.17) is 0 Å². The first-order valence-electron chi connectivity index (χ1n) is 9.70. The molecule has 0 N–H and O–H groups in total. The zero-order chi connectivity index (χ0) is 18.5. The van der Waals surface area contributed by atoms with Crippen molar-refractivity contribution in [2.24, 2.45) is 0 Å². The molecule has 0 fully saturated rings. The highest BCUT2D eigenvalue weighted by Gasteiger charge is 2.06. The normalized spacial score (nSPS) is 11.6. The number of fused-ring (bicyclic) bond motifs is 6. The molecule has 0 saturated carbocycles. The first-order valence-corrected chi connectivity index (χ1v) is 9.70. The standard InChI is InChI=1S/C28H18/c1-3-7-25-19(5-1)9-11-23-17-21(13-15-27(23)25)22-14-16-28-24(18-22)12-10-20-6-2-4-8-26(20)28/h1-18H. The Labute approximate surface area is 163 Å². The molecule has 28 heavy (non-hydrogen) atoms. The van der Waals surface area contributed by atoms with Crippen molar-refractivity contribution in [2.75, 3.05) is 0 Å². The molecule has 0 amide bonds. The third-order valence-corrected chi connectivity index (χ3v) is 5.82. The summed E-state index contributed by atoms with van der Waals surface area (Å²) in [6.07, 6.45) is 0. The van der Waals surface area contributed by atoms with Crippen molar-refractivity contribution < 1.29 is 0 Å². The second-order valence-corrected chi connectivity index (χ2v) is 7.45. The Morgan fingerprint density at radius 3 is 1.18 bits per heavy atom. The van der Waals surface area contributed by atoms with Crippen LogP contribution in [0.2, 0.25) is 0 Å². The lowest BCUT2D eigenvalue weighted by atomic mass is 9.95. The molecule has 0 saturated heterocycles. The molecule has 0 unspecified atom stereocenters. The number of hydrogen-bond acceptors (Lipinski definition) is 0. The van der Waals surface area contributed by atoms with Gasteiger partial charge in [-0.15, -0.1) is 0 Å². The quantitative estimate of drug-likeness (QED) is 0.263. The predicted molar refractivity (Wildman–Crippen MR) is 122 cm³/mol. The first kappa shape index (κ1) is 15.4. The third-order valence-electron chi connectivity index (χ3n) is 5.82. The van der Waals surface area contributed by atoms with Crippen LogP contribution in [0.5, 0.6) is 0 Å². The van der Waals surface area contributed by atoms with Gasteiger partial charge in [-0.25, -0.2) is 0 Å². The van der Waals surface area contributed by atoms with Gasteiger partial charge in [-0.2, -0.15) is 0 Å². The van der Waals surface area contributed by atoms with Gasteiger partial charge in [0, 0.05) is 0 Å². The molecule has 6 aromatic rings. The lowest BCUT2D eigenvalue weighted by Crippen LogP contribution is -1.83. The van der Waals surface area contributed by atoms with Crippen LogP contribution >= 0.6 is 0 Å². The molecule has 0 aromatic heterocycles. The highest BCUT2D eigenvalue weighted by atomic mass is 14.1. The molecule has 0 atom stereocenters. The van der Waals surface area contributed by atoms with Gasteiger partial charge >= 0.3 is 0 Å². The predicted octanol–water partition coefficient (Wildman–Crippen LogP) is 7.97. The summed E-state index contributed by atoms with van der Waals surface area (Å²) in [5, 5.41) is 10.4. The maximum atomic E-state index is 2.31. The topological polar surface area (TPSA) is 0 Å². The van der Waals surface area contributed by atoms with Crippen LogP contribution < -0.4 is 0 Å². The average molecular weight is 354 g/mol. The highest BCUT2D eigenvalue weighted by Crippen LogP contribution is 2.32. The van der Waals surface area contributed by atoms with Crippen LogP contribution in [0, 0.1) is 0 Å². The van der Waals surface area contributed by atoms with Gasteiger partial charge in [0.25, 0.3) is 0 Å². The minimum Gasteiger partial charge on any atom is -0.0616 e. The Kier molecular flexibility index (Phi) is 3.27. The Morgan fingerprint density at radius 1 is 0.286 bits per heavy atom. The van der Waals surface area contributed by atoms with Gasteiger partial charge in [-0.3, -0.25) is 0 Å². The van der Waals surface area contributed by atoms with Crippen LogP contribution in [0.15, 0.2) is 109 Å². The molecule has 0 aliphatic heterocycles. The van der Waals surface area contributed by atoms with Gasteiger partial charge < -0.3 is 0 Å². The van der Waals surface area contributed by atoms with Crippen LogP contribution in [-0.2, 0) is 0 Å². The average Bonchev–Trinajstić information content (AvgIpc) is 2.78. The number of benzene rings is 6. The minimum atomic E-state index is 1.26. The molecule has 6 aromatic carbocycles. The Balaban J connectivity index is 1.55. The van der Waals surface area contributed by atoms with Crippen molar-refractivity contribution in [1.29, 1.82) is 0 Å². The van der Waals surface area contributed by atoms with E-state index >= 15 is 0 Å². The Morgan fingerprint density at radius 2 is 0.679 bits per heavy atom. The van der Waals surface area contributed by atoms with E-state index in [9.17, 15) is 0 Å². The van der Waals surface area contributed by atoms with E-state index < -0.39 is 0 Å². The minimum absolute atomic E-state index is 1.26. The van der Waals surface area contributed by atoms with Crippen molar-refractivity contribution in [1.82, 2.24) is 0 Å². The Bertz CT molecular complexity index is 1390. The summed E-state index contributed by atoms with van der Waals surface area (Å²) in [4.78, 5) is 0. The molecule has 0 nitrogen and oxygen atoms in total. The molecular weight excluding hydrogens is 336 g/mol. The van der Waals surface area contributed by atoms with Crippen LogP contribution in [0.4, 0.5) is 0 Å². The second-order valence-electron chi connectivity index (χ2n) is 7.45. The molecule has 0 heteroatoms. The third kappa shape index (κ3) is 2.32. The summed E-state index contributed by atoms with van der Waals surface area (Å²) in [5.41, 5.74) is 2.52. The highest BCUT2D eigenvalue weighted by molar-refractivity contribution is 6.10. The molecule has 0 radical (unpaired) electrons. The van der Waals surface area contributed by atoms with Gasteiger partial charge in [0.15, 0.2) is 0 Å². The molecule has 130 valence electrons. The largest absolute Gasteiger partial charge is 0.0616 e.